The van der Waals surface area contributed by atoms with Crippen molar-refractivity contribution in [3.63, 3.8) is 0 Å². The van der Waals surface area contributed by atoms with Gasteiger partial charge in [-0.2, -0.15) is 10.5 Å². The van der Waals surface area contributed by atoms with Crippen LogP contribution in [0.15, 0.2) is 48.5 Å². The molecule has 0 amide bonds. The van der Waals surface area contributed by atoms with E-state index in [1.165, 1.54) is 0 Å². The second-order valence-electron chi connectivity index (χ2n) is 4.68. The quantitative estimate of drug-likeness (QED) is 0.301. The molecule has 10 heteroatoms. The van der Waals surface area contributed by atoms with Crippen molar-refractivity contribution in [1.82, 2.24) is 0 Å². The van der Waals surface area contributed by atoms with Crippen LogP contribution in [-0.2, 0) is 9.59 Å². The molecule has 140 valence electrons. The minimum Gasteiger partial charge on any atom is -0.549 e. The number of nitrogens with zero attached hydrogens (tertiary/aromatic N) is 2. The summed E-state index contributed by atoms with van der Waals surface area (Å²) >= 11 is 4.67. The molecule has 0 saturated heterocycles. The van der Waals surface area contributed by atoms with Crippen molar-refractivity contribution in [2.45, 2.75) is 0 Å². The van der Waals surface area contributed by atoms with Crippen LogP contribution in [0.4, 0.5) is 11.4 Å². The van der Waals surface area contributed by atoms with Crippen molar-refractivity contribution in [1.29, 1.82) is 10.5 Å². The first-order chi connectivity index (χ1) is 12.8. The number of carbonyl (C=O) groups excluding carboxylic acids is 1. The third-order valence-corrected chi connectivity index (χ3v) is 2.82. The number of anilines is 2. The van der Waals surface area contributed by atoms with Crippen molar-refractivity contribution < 1.29 is 49.4 Å². The number of benzene rings is 2. The van der Waals surface area contributed by atoms with Crippen LogP contribution >= 0.6 is 11.6 Å². The normalized spacial score (nSPS) is 8.11. The van der Waals surface area contributed by atoms with E-state index in [-0.39, 0.29) is 36.1 Å². The molecule has 0 aliphatic carbocycles. The topological polar surface area (TPSA) is 163 Å². The molecule has 8 nitrogen and oxygen atoms in total. The molecule has 28 heavy (non-hydrogen) atoms. The Morgan fingerprint density at radius 1 is 1.04 bits per heavy atom. The van der Waals surface area contributed by atoms with Gasteiger partial charge in [0.25, 0.3) is 0 Å². The Balaban J connectivity index is 0. The van der Waals surface area contributed by atoms with Gasteiger partial charge in [0.2, 0.25) is 0 Å². The van der Waals surface area contributed by atoms with E-state index in [0.717, 1.165) is 0 Å². The summed E-state index contributed by atoms with van der Waals surface area (Å²) in [5.74, 6) is -2.56. The number of hydrogen-bond acceptors (Lipinski definition) is 7. The molecule has 0 unspecified atom stereocenters. The van der Waals surface area contributed by atoms with Crippen LogP contribution in [-0.4, -0.2) is 29.5 Å². The molecule has 0 bridgehead atoms. The Labute approximate surface area is 189 Å². The molecule has 0 aliphatic heterocycles. The number of nitriles is 2. The molecule has 0 radical (unpaired) electrons. The molecule has 2 aromatic carbocycles. The van der Waals surface area contributed by atoms with Gasteiger partial charge in [-0.15, -0.1) is 11.6 Å². The third-order valence-electron chi connectivity index (χ3n) is 2.61. The first kappa shape index (κ1) is 27.5. The second kappa shape index (κ2) is 16.4. The van der Waals surface area contributed by atoms with E-state index >= 15 is 0 Å². The predicted octanol–water partition coefficient (Wildman–Crippen LogP) is -1.83. The van der Waals surface area contributed by atoms with Crippen molar-refractivity contribution in [3.05, 3.63) is 59.7 Å². The molecule has 0 aromatic heterocycles. The number of alkyl halides is 1. The maximum absolute atomic E-state index is 10.2. The fourth-order valence-electron chi connectivity index (χ4n) is 1.40. The Bertz CT molecular complexity index is 815. The van der Waals surface area contributed by atoms with Crippen LogP contribution < -0.4 is 45.7 Å². The zero-order valence-corrected chi connectivity index (χ0v) is 17.8. The van der Waals surface area contributed by atoms with E-state index in [1.807, 2.05) is 12.1 Å². The maximum Gasteiger partial charge on any atom is 1.00 e. The van der Waals surface area contributed by atoms with Gasteiger partial charge in [-0.1, -0.05) is 0 Å². The van der Waals surface area contributed by atoms with E-state index in [9.17, 15) is 4.79 Å². The molecule has 0 fully saturated rings. The number of carboxylic acids is 2. The van der Waals surface area contributed by atoms with Crippen LogP contribution in [0, 0.1) is 22.7 Å². The van der Waals surface area contributed by atoms with Crippen LogP contribution in [0.5, 0.6) is 0 Å². The molecule has 4 N–H and O–H groups in total. The summed E-state index contributed by atoms with van der Waals surface area (Å²) in [5, 5.41) is 37.0. The first-order valence-electron chi connectivity index (χ1n) is 7.29. The van der Waals surface area contributed by atoms with E-state index in [1.54, 1.807) is 48.5 Å². The summed E-state index contributed by atoms with van der Waals surface area (Å²) in [6.45, 7) is -0.119. The van der Waals surface area contributed by atoms with Crippen molar-refractivity contribution >= 4 is 34.9 Å². The summed E-state index contributed by atoms with van der Waals surface area (Å²) in [6.07, 6.45) is 0. The number of rotatable bonds is 4. The van der Waals surface area contributed by atoms with E-state index < -0.39 is 17.8 Å². The number of nitrogens with one attached hydrogen (secondary N) is 1. The molecule has 0 atom stereocenters. The third kappa shape index (κ3) is 14.4. The predicted molar refractivity (Wildman–Crippen MR) is 98.6 cm³/mol. The SMILES string of the molecule is N#Cc1ccc(N)cc1.N#Cc1ccc(NCC(=O)O)cc1.O=C([O-])CCl.[Na+]. The van der Waals surface area contributed by atoms with Crippen molar-refractivity contribution in [2.75, 3.05) is 23.5 Å². The number of halogens is 1. The molecule has 2 rings (SSSR count). The van der Waals surface area contributed by atoms with Crippen LogP contribution in [0.2, 0.25) is 0 Å². The first-order valence-corrected chi connectivity index (χ1v) is 7.83. The van der Waals surface area contributed by atoms with Gasteiger partial charge in [-0.3, -0.25) is 4.79 Å². The summed E-state index contributed by atoms with van der Waals surface area (Å²) in [6, 6.07) is 17.4. The summed E-state index contributed by atoms with van der Waals surface area (Å²) in [7, 11) is 0. The van der Waals surface area contributed by atoms with E-state index in [4.69, 9.17) is 31.3 Å². The summed E-state index contributed by atoms with van der Waals surface area (Å²) < 4.78 is 0. The van der Waals surface area contributed by atoms with Gasteiger partial charge in [0.05, 0.1) is 35.1 Å². The van der Waals surface area contributed by atoms with Gasteiger partial charge in [0, 0.05) is 11.4 Å². The van der Waals surface area contributed by atoms with Gasteiger partial charge in [0.1, 0.15) is 6.54 Å². The fourth-order valence-corrected chi connectivity index (χ4v) is 1.40. The van der Waals surface area contributed by atoms with Crippen LogP contribution in [0.1, 0.15) is 11.1 Å². The fraction of sp³-hybridized carbons (Fsp3) is 0.111. The van der Waals surface area contributed by atoms with Gasteiger partial charge in [-0.25, -0.2) is 0 Å². The van der Waals surface area contributed by atoms with Crippen molar-refractivity contribution in [2.24, 2.45) is 0 Å². The number of nitrogens with two attached hydrogens (primary N) is 1. The molecule has 2 aromatic rings. The van der Waals surface area contributed by atoms with Gasteiger partial charge >= 0.3 is 35.5 Å². The van der Waals surface area contributed by atoms with Gasteiger partial charge in [0.15, 0.2) is 0 Å². The zero-order valence-electron chi connectivity index (χ0n) is 15.1. The Morgan fingerprint density at radius 2 is 1.43 bits per heavy atom. The molecular weight excluding hydrogens is 395 g/mol. The number of carboxylic acid groups (broad SMARTS) is 2. The minimum absolute atomic E-state index is 0. The Hall–Kier alpha value is -2.75. The van der Waals surface area contributed by atoms with Crippen molar-refractivity contribution in [3.8, 4) is 12.1 Å². The zero-order chi connectivity index (χ0) is 20.7. The maximum atomic E-state index is 10.2. The summed E-state index contributed by atoms with van der Waals surface area (Å²) in [4.78, 5) is 19.3. The standard InChI is InChI=1S/C9H8N2O2.C7H6N2.C2H3ClO2.Na/c10-5-7-1-3-8(4-2-7)11-6-9(12)13;8-5-6-1-3-7(9)4-2-6;3-1-2(4)5;/h1-4,11H,6H2,(H,12,13);1-4H,9H2;1H2,(H,4,5);/q;;;+1/p-1. The molecule has 0 aliphatic rings. The monoisotopic (exact) mass is 410 g/mol. The number of nitrogen functional groups attached to an aromatic ring is 1. The number of carbonyl (C=O) groups is 2. The Morgan fingerprint density at radius 3 is 1.75 bits per heavy atom. The number of hydrogen-bond donors (Lipinski definition) is 3. The largest absolute Gasteiger partial charge is 1.00 e. The second-order valence-corrected chi connectivity index (χ2v) is 4.94. The molecule has 0 heterocycles. The average Bonchev–Trinajstić information content (AvgIpc) is 2.68. The molecule has 0 spiro atoms. The van der Waals surface area contributed by atoms with Crippen LogP contribution in [0.25, 0.3) is 0 Å². The smallest absolute Gasteiger partial charge is 0.549 e. The number of aliphatic carboxylic acids is 2. The van der Waals surface area contributed by atoms with E-state index in [2.05, 4.69) is 16.9 Å². The summed E-state index contributed by atoms with van der Waals surface area (Å²) in [5.41, 5.74) is 7.96. The average molecular weight is 411 g/mol. The van der Waals surface area contributed by atoms with Gasteiger partial charge in [-0.05, 0) is 48.5 Å². The Kier molecular flexibility index (Phi) is 16.1. The molecular formula is C18H16ClN4NaO4. The minimum atomic E-state index is -1.23. The van der Waals surface area contributed by atoms with E-state index in [0.29, 0.717) is 22.5 Å². The molecule has 0 saturated carbocycles. The van der Waals surface area contributed by atoms with Gasteiger partial charge < -0.3 is 26.1 Å². The van der Waals surface area contributed by atoms with Crippen LogP contribution in [0.3, 0.4) is 0 Å².